The van der Waals surface area contributed by atoms with Crippen molar-refractivity contribution in [2.75, 3.05) is 5.33 Å². The highest BCUT2D eigenvalue weighted by Crippen LogP contribution is 2.22. The van der Waals surface area contributed by atoms with E-state index in [-0.39, 0.29) is 11.9 Å². The molecule has 1 aromatic heterocycles. The zero-order chi connectivity index (χ0) is 12.1. The minimum Gasteiger partial charge on any atom is -0.348 e. The van der Waals surface area contributed by atoms with Gasteiger partial charge in [0.2, 0.25) is 0 Å². The van der Waals surface area contributed by atoms with Crippen LogP contribution in [0.2, 0.25) is 0 Å². The third kappa shape index (κ3) is 4.55. The van der Waals surface area contributed by atoms with Crippen LogP contribution in [0.4, 0.5) is 0 Å². The predicted octanol–water partition coefficient (Wildman–Crippen LogP) is 4.05. The average molecular weight is 369 g/mol. The van der Waals surface area contributed by atoms with Crippen molar-refractivity contribution in [3.8, 4) is 0 Å². The minimum atomic E-state index is 0.0146. The normalized spacial score (nSPS) is 12.8. The van der Waals surface area contributed by atoms with Crippen LogP contribution in [-0.2, 0) is 0 Å². The molecule has 0 saturated heterocycles. The van der Waals surface area contributed by atoms with Crippen molar-refractivity contribution < 1.29 is 4.79 Å². The molecule has 2 nitrogen and oxygen atoms in total. The number of carbonyl (C=O) groups is 1. The van der Waals surface area contributed by atoms with Crippen molar-refractivity contribution in [3.63, 3.8) is 0 Å². The summed E-state index contributed by atoms with van der Waals surface area (Å²) < 4.78 is 0.983. The first-order valence-electron chi connectivity index (χ1n) is 5.15. The van der Waals surface area contributed by atoms with Gasteiger partial charge in [0.25, 0.3) is 5.91 Å². The van der Waals surface area contributed by atoms with E-state index in [1.165, 1.54) is 11.3 Å². The molecule has 1 rings (SSSR count). The number of hydrogen-bond acceptors (Lipinski definition) is 2. The summed E-state index contributed by atoms with van der Waals surface area (Å²) in [6.45, 7) is 4.31. The van der Waals surface area contributed by atoms with Crippen LogP contribution in [0, 0.1) is 5.92 Å². The van der Waals surface area contributed by atoms with Crippen LogP contribution in [0.15, 0.2) is 15.9 Å². The number of halogens is 2. The van der Waals surface area contributed by atoms with Gasteiger partial charge in [-0.05, 0) is 40.4 Å². The molecule has 1 atom stereocenters. The molecule has 16 heavy (non-hydrogen) atoms. The summed E-state index contributed by atoms with van der Waals surface area (Å²) >= 11 is 8.24. The highest BCUT2D eigenvalue weighted by Gasteiger charge is 2.15. The van der Waals surface area contributed by atoms with Crippen molar-refractivity contribution in [1.29, 1.82) is 0 Å². The molecule has 0 bridgehead atoms. The molecular weight excluding hydrogens is 354 g/mol. The maximum absolute atomic E-state index is 11.9. The molecular formula is C11H15Br2NOS. The number of nitrogens with one attached hydrogen (secondary N) is 1. The van der Waals surface area contributed by atoms with Crippen LogP contribution < -0.4 is 5.32 Å². The Labute approximate surface area is 117 Å². The highest BCUT2D eigenvalue weighted by atomic mass is 79.9. The molecule has 1 unspecified atom stereocenters. The van der Waals surface area contributed by atoms with Gasteiger partial charge in [-0.3, -0.25) is 4.79 Å². The first-order valence-corrected chi connectivity index (χ1v) is 7.88. The number of thiophene rings is 1. The lowest BCUT2D eigenvalue weighted by Crippen LogP contribution is -2.36. The first-order chi connectivity index (χ1) is 7.52. The van der Waals surface area contributed by atoms with E-state index >= 15 is 0 Å². The standard InChI is InChI=1S/C11H15Br2NOS/c1-7(2)5-8(6-12)14-11(15)9-3-4-10(13)16-9/h3-4,7-8H,5-6H2,1-2H3,(H,14,15). The number of amides is 1. The Balaban J connectivity index is 2.55. The van der Waals surface area contributed by atoms with Gasteiger partial charge in [0.1, 0.15) is 0 Å². The zero-order valence-electron chi connectivity index (χ0n) is 9.30. The summed E-state index contributed by atoms with van der Waals surface area (Å²) in [5.74, 6) is 0.596. The van der Waals surface area contributed by atoms with Gasteiger partial charge >= 0.3 is 0 Å². The molecule has 1 amide bonds. The average Bonchev–Trinajstić information content (AvgIpc) is 2.63. The largest absolute Gasteiger partial charge is 0.348 e. The Morgan fingerprint density at radius 2 is 2.19 bits per heavy atom. The molecule has 0 radical (unpaired) electrons. The van der Waals surface area contributed by atoms with Crippen LogP contribution in [0.1, 0.15) is 29.9 Å². The third-order valence-corrected chi connectivity index (χ3v) is 4.48. The number of carbonyl (C=O) groups excluding carboxylic acids is 1. The SMILES string of the molecule is CC(C)CC(CBr)NC(=O)c1ccc(Br)s1. The molecule has 0 spiro atoms. The molecule has 90 valence electrons. The maximum atomic E-state index is 11.9. The highest BCUT2D eigenvalue weighted by molar-refractivity contribution is 9.11. The van der Waals surface area contributed by atoms with Crippen molar-refractivity contribution >= 4 is 49.1 Å². The van der Waals surface area contributed by atoms with E-state index in [1.807, 2.05) is 12.1 Å². The van der Waals surface area contributed by atoms with E-state index in [4.69, 9.17) is 0 Å². The third-order valence-electron chi connectivity index (χ3n) is 2.07. The van der Waals surface area contributed by atoms with Gasteiger partial charge in [0, 0.05) is 11.4 Å². The molecule has 0 aliphatic carbocycles. The second-order valence-electron chi connectivity index (χ2n) is 4.06. The Kier molecular flexibility index (Phi) is 6.00. The van der Waals surface area contributed by atoms with Gasteiger partial charge in [-0.2, -0.15) is 0 Å². The molecule has 1 heterocycles. The second-order valence-corrected chi connectivity index (χ2v) is 7.17. The topological polar surface area (TPSA) is 29.1 Å². The fraction of sp³-hybridized carbons (Fsp3) is 0.545. The van der Waals surface area contributed by atoms with Crippen LogP contribution in [-0.4, -0.2) is 17.3 Å². The number of alkyl halides is 1. The molecule has 0 fully saturated rings. The van der Waals surface area contributed by atoms with Gasteiger partial charge in [0.15, 0.2) is 0 Å². The van der Waals surface area contributed by atoms with Crippen LogP contribution in [0.3, 0.4) is 0 Å². The van der Waals surface area contributed by atoms with Crippen molar-refractivity contribution in [1.82, 2.24) is 5.32 Å². The van der Waals surface area contributed by atoms with Gasteiger partial charge < -0.3 is 5.32 Å². The fourth-order valence-corrected chi connectivity index (χ4v) is 3.14. The Bertz CT molecular complexity index is 352. The second kappa shape index (κ2) is 6.77. The van der Waals surface area contributed by atoms with Gasteiger partial charge in [-0.25, -0.2) is 0 Å². The quantitative estimate of drug-likeness (QED) is 0.780. The lowest BCUT2D eigenvalue weighted by Gasteiger charge is -2.17. The fourth-order valence-electron chi connectivity index (χ4n) is 1.42. The first kappa shape index (κ1) is 14.2. The van der Waals surface area contributed by atoms with E-state index in [9.17, 15) is 4.79 Å². The summed E-state index contributed by atoms with van der Waals surface area (Å²) in [5, 5.41) is 3.83. The van der Waals surface area contributed by atoms with Gasteiger partial charge in [0.05, 0.1) is 8.66 Å². The van der Waals surface area contributed by atoms with Crippen LogP contribution in [0.25, 0.3) is 0 Å². The van der Waals surface area contributed by atoms with E-state index in [0.717, 1.165) is 20.4 Å². The minimum absolute atomic E-state index is 0.0146. The number of rotatable bonds is 5. The lowest BCUT2D eigenvalue weighted by atomic mass is 10.1. The molecule has 0 aliphatic heterocycles. The van der Waals surface area contributed by atoms with Crippen LogP contribution >= 0.6 is 43.2 Å². The molecule has 0 aliphatic rings. The van der Waals surface area contributed by atoms with Gasteiger partial charge in [-0.15, -0.1) is 11.3 Å². The Hall–Kier alpha value is 0.130. The molecule has 0 saturated carbocycles. The number of hydrogen-bond donors (Lipinski definition) is 1. The van der Waals surface area contributed by atoms with E-state index < -0.39 is 0 Å². The summed E-state index contributed by atoms with van der Waals surface area (Å²) in [6, 6.07) is 3.93. The Morgan fingerprint density at radius 1 is 1.50 bits per heavy atom. The predicted molar refractivity (Wildman–Crippen MR) is 76.5 cm³/mol. The van der Waals surface area contributed by atoms with Crippen molar-refractivity contribution in [3.05, 3.63) is 20.8 Å². The summed E-state index contributed by atoms with van der Waals surface area (Å²) in [4.78, 5) is 12.6. The Morgan fingerprint density at radius 3 is 2.62 bits per heavy atom. The van der Waals surface area contributed by atoms with E-state index in [0.29, 0.717) is 5.92 Å². The summed E-state index contributed by atoms with van der Waals surface area (Å²) in [5.41, 5.74) is 0. The summed E-state index contributed by atoms with van der Waals surface area (Å²) in [6.07, 6.45) is 0.990. The van der Waals surface area contributed by atoms with E-state index in [1.54, 1.807) is 0 Å². The molecule has 5 heteroatoms. The molecule has 1 N–H and O–H groups in total. The molecule has 0 aromatic carbocycles. The van der Waals surface area contributed by atoms with Crippen molar-refractivity contribution in [2.45, 2.75) is 26.3 Å². The van der Waals surface area contributed by atoms with Crippen molar-refractivity contribution in [2.24, 2.45) is 5.92 Å². The lowest BCUT2D eigenvalue weighted by molar-refractivity contribution is 0.0941. The summed E-state index contributed by atoms with van der Waals surface area (Å²) in [7, 11) is 0. The maximum Gasteiger partial charge on any atom is 0.261 e. The smallest absolute Gasteiger partial charge is 0.261 e. The van der Waals surface area contributed by atoms with E-state index in [2.05, 4.69) is 51.0 Å². The molecule has 1 aromatic rings. The zero-order valence-corrected chi connectivity index (χ0v) is 13.3. The van der Waals surface area contributed by atoms with Crippen LogP contribution in [0.5, 0.6) is 0 Å². The van der Waals surface area contributed by atoms with Gasteiger partial charge in [-0.1, -0.05) is 29.8 Å². The monoisotopic (exact) mass is 367 g/mol.